The lowest BCUT2D eigenvalue weighted by Gasteiger charge is -2.12. The summed E-state index contributed by atoms with van der Waals surface area (Å²) in [7, 11) is 0. The monoisotopic (exact) mass is 227 g/mol. The van der Waals surface area contributed by atoms with Crippen molar-refractivity contribution in [1.82, 2.24) is 9.55 Å². The first kappa shape index (κ1) is 10.5. The molecule has 82 valence electrons. The van der Waals surface area contributed by atoms with Crippen LogP contribution in [-0.4, -0.2) is 15.3 Å². The summed E-state index contributed by atoms with van der Waals surface area (Å²) in [5.41, 5.74) is 5.18. The van der Waals surface area contributed by atoms with E-state index in [4.69, 9.17) is 5.73 Å². The van der Waals surface area contributed by atoms with Gasteiger partial charge in [-0.15, -0.1) is 11.8 Å². The maximum atomic E-state index is 11.5. The van der Waals surface area contributed by atoms with Crippen molar-refractivity contribution >= 4 is 11.8 Å². The number of aromatic nitrogens is 2. The Morgan fingerprint density at radius 2 is 2.40 bits per heavy atom. The summed E-state index contributed by atoms with van der Waals surface area (Å²) in [6.07, 6.45) is 3.67. The summed E-state index contributed by atoms with van der Waals surface area (Å²) in [5, 5.41) is 0.152. The Morgan fingerprint density at radius 1 is 1.60 bits per heavy atom. The molecule has 1 saturated heterocycles. The molecule has 2 rings (SSSR count). The quantitative estimate of drug-likeness (QED) is 0.746. The molecule has 5 nitrogen and oxygen atoms in total. The van der Waals surface area contributed by atoms with Crippen molar-refractivity contribution in [2.24, 2.45) is 5.73 Å². The number of aromatic amines is 1. The molecule has 0 bridgehead atoms. The minimum atomic E-state index is -0.373. The Kier molecular flexibility index (Phi) is 2.97. The van der Waals surface area contributed by atoms with E-state index in [1.54, 1.807) is 22.5 Å². The van der Waals surface area contributed by atoms with Crippen LogP contribution < -0.4 is 17.0 Å². The van der Waals surface area contributed by atoms with E-state index >= 15 is 0 Å². The maximum Gasteiger partial charge on any atom is 0.329 e. The summed E-state index contributed by atoms with van der Waals surface area (Å²) in [4.78, 5) is 25.1. The number of hydrogen-bond acceptors (Lipinski definition) is 4. The van der Waals surface area contributed by atoms with Crippen molar-refractivity contribution < 1.29 is 0 Å². The fraction of sp³-hybridized carbons (Fsp3) is 0.556. The van der Waals surface area contributed by atoms with Crippen LogP contribution in [0.15, 0.2) is 15.8 Å². The minimum absolute atomic E-state index is 0.152. The predicted molar refractivity (Wildman–Crippen MR) is 59.9 cm³/mol. The summed E-state index contributed by atoms with van der Waals surface area (Å²) >= 11 is 1.73. The Morgan fingerprint density at radius 3 is 3.00 bits per heavy atom. The van der Waals surface area contributed by atoms with E-state index in [1.807, 2.05) is 0 Å². The Hall–Kier alpha value is -1.01. The van der Waals surface area contributed by atoms with E-state index in [9.17, 15) is 9.59 Å². The Bertz CT molecular complexity index is 459. The molecular formula is C9H13N3O2S. The molecule has 1 aliphatic heterocycles. The van der Waals surface area contributed by atoms with Gasteiger partial charge in [0, 0.05) is 18.3 Å². The smallest absolute Gasteiger partial charge is 0.326 e. The summed E-state index contributed by atoms with van der Waals surface area (Å²) in [5.74, 6) is 1.06. The van der Waals surface area contributed by atoms with Gasteiger partial charge in [0.2, 0.25) is 0 Å². The third-order valence-corrected chi connectivity index (χ3v) is 3.85. The topological polar surface area (TPSA) is 80.9 Å². The minimum Gasteiger partial charge on any atom is -0.326 e. The van der Waals surface area contributed by atoms with Crippen LogP contribution in [0.2, 0.25) is 0 Å². The standard InChI is InChI=1S/C9H13N3O2S/c10-4-6-5-12(7-2-1-3-15-7)9(14)11-8(6)13/h5,7H,1-4,10H2,(H,11,13,14). The number of H-pyrrole nitrogens is 1. The number of nitrogens with two attached hydrogens (primary N) is 1. The van der Waals surface area contributed by atoms with Crippen molar-refractivity contribution in [3.63, 3.8) is 0 Å². The van der Waals surface area contributed by atoms with Crippen molar-refractivity contribution in [1.29, 1.82) is 0 Å². The van der Waals surface area contributed by atoms with Crippen LogP contribution in [-0.2, 0) is 6.54 Å². The van der Waals surface area contributed by atoms with Crippen LogP contribution in [0.25, 0.3) is 0 Å². The van der Waals surface area contributed by atoms with Gasteiger partial charge in [-0.05, 0) is 18.6 Å². The third kappa shape index (κ3) is 2.00. The van der Waals surface area contributed by atoms with Gasteiger partial charge in [-0.25, -0.2) is 4.79 Å². The molecule has 0 aromatic carbocycles. The highest BCUT2D eigenvalue weighted by Crippen LogP contribution is 2.34. The van der Waals surface area contributed by atoms with Crippen LogP contribution in [0.3, 0.4) is 0 Å². The lowest BCUT2D eigenvalue weighted by molar-refractivity contribution is 0.599. The van der Waals surface area contributed by atoms with Crippen molar-refractivity contribution in [2.75, 3.05) is 5.75 Å². The molecule has 1 aromatic rings. The first-order valence-electron chi connectivity index (χ1n) is 4.88. The molecule has 1 aliphatic rings. The number of thioether (sulfide) groups is 1. The molecule has 1 fully saturated rings. The number of nitrogens with one attached hydrogen (secondary N) is 1. The van der Waals surface area contributed by atoms with Gasteiger partial charge in [0.25, 0.3) is 5.56 Å². The summed E-state index contributed by atoms with van der Waals surface area (Å²) in [6.45, 7) is 0.160. The molecule has 15 heavy (non-hydrogen) atoms. The van der Waals surface area contributed by atoms with Gasteiger partial charge in [-0.2, -0.15) is 0 Å². The fourth-order valence-electron chi connectivity index (χ4n) is 1.67. The molecule has 6 heteroatoms. The van der Waals surface area contributed by atoms with E-state index in [-0.39, 0.29) is 23.2 Å². The largest absolute Gasteiger partial charge is 0.329 e. The molecule has 0 saturated carbocycles. The highest BCUT2D eigenvalue weighted by Gasteiger charge is 2.19. The molecule has 3 N–H and O–H groups in total. The van der Waals surface area contributed by atoms with Gasteiger partial charge in [0.15, 0.2) is 0 Å². The average molecular weight is 227 g/mol. The first-order valence-corrected chi connectivity index (χ1v) is 5.93. The zero-order valence-corrected chi connectivity index (χ0v) is 9.05. The molecule has 0 amide bonds. The molecular weight excluding hydrogens is 214 g/mol. The molecule has 0 spiro atoms. The van der Waals surface area contributed by atoms with E-state index in [1.165, 1.54) is 0 Å². The lowest BCUT2D eigenvalue weighted by atomic mass is 10.3. The molecule has 0 radical (unpaired) electrons. The van der Waals surface area contributed by atoms with Gasteiger partial charge >= 0.3 is 5.69 Å². The zero-order chi connectivity index (χ0) is 10.8. The van der Waals surface area contributed by atoms with Gasteiger partial charge in [-0.3, -0.25) is 14.3 Å². The van der Waals surface area contributed by atoms with Crippen LogP contribution >= 0.6 is 11.8 Å². The molecule has 0 aliphatic carbocycles. The number of nitrogens with zero attached hydrogens (tertiary/aromatic N) is 1. The Labute approximate surface area is 90.7 Å². The molecule has 1 atom stereocenters. The van der Waals surface area contributed by atoms with Crippen molar-refractivity contribution in [3.8, 4) is 0 Å². The normalized spacial score (nSPS) is 20.7. The lowest BCUT2D eigenvalue weighted by Crippen LogP contribution is -2.33. The molecule has 1 unspecified atom stereocenters. The van der Waals surface area contributed by atoms with Crippen LogP contribution in [0, 0.1) is 0 Å². The SMILES string of the molecule is NCc1cn(C2CCCS2)c(=O)[nH]c1=O. The molecule has 2 heterocycles. The van der Waals surface area contributed by atoms with E-state index in [2.05, 4.69) is 4.98 Å². The Balaban J connectivity index is 2.46. The van der Waals surface area contributed by atoms with Gasteiger partial charge < -0.3 is 5.73 Å². The average Bonchev–Trinajstić information content (AvgIpc) is 2.71. The van der Waals surface area contributed by atoms with Gasteiger partial charge in [-0.1, -0.05) is 0 Å². The second-order valence-corrected chi connectivity index (χ2v) is 4.78. The highest BCUT2D eigenvalue weighted by molar-refractivity contribution is 7.99. The zero-order valence-electron chi connectivity index (χ0n) is 8.23. The van der Waals surface area contributed by atoms with Crippen LogP contribution in [0.5, 0.6) is 0 Å². The van der Waals surface area contributed by atoms with Crippen molar-refractivity contribution in [2.45, 2.75) is 24.8 Å². The first-order chi connectivity index (χ1) is 7.22. The summed E-state index contributed by atoms with van der Waals surface area (Å²) < 4.78 is 1.58. The van der Waals surface area contributed by atoms with Crippen LogP contribution in [0.4, 0.5) is 0 Å². The van der Waals surface area contributed by atoms with E-state index in [0.717, 1.165) is 18.6 Å². The van der Waals surface area contributed by atoms with E-state index < -0.39 is 0 Å². The molecule has 1 aromatic heterocycles. The number of rotatable bonds is 2. The fourth-order valence-corrected chi connectivity index (χ4v) is 2.92. The highest BCUT2D eigenvalue weighted by atomic mass is 32.2. The third-order valence-electron chi connectivity index (χ3n) is 2.48. The second kappa shape index (κ2) is 4.24. The van der Waals surface area contributed by atoms with Crippen LogP contribution in [0.1, 0.15) is 23.8 Å². The van der Waals surface area contributed by atoms with Crippen molar-refractivity contribution in [3.05, 3.63) is 32.6 Å². The second-order valence-electron chi connectivity index (χ2n) is 3.49. The van der Waals surface area contributed by atoms with Gasteiger partial charge in [0.05, 0.1) is 5.37 Å². The summed E-state index contributed by atoms with van der Waals surface area (Å²) in [6, 6.07) is 0. The van der Waals surface area contributed by atoms with Gasteiger partial charge in [0.1, 0.15) is 0 Å². The maximum absolute atomic E-state index is 11.5. The number of hydrogen-bond donors (Lipinski definition) is 2. The predicted octanol–water partition coefficient (Wildman–Crippen LogP) is 0.0209. The van der Waals surface area contributed by atoms with E-state index in [0.29, 0.717) is 5.56 Å².